The number of furan rings is 1. The van der Waals surface area contributed by atoms with E-state index in [2.05, 4.69) is 54.9 Å². The van der Waals surface area contributed by atoms with E-state index in [4.69, 9.17) is 19.4 Å². The molecule has 0 aliphatic heterocycles. The first kappa shape index (κ1) is 26.6. The Kier molecular flexibility index (Phi) is 6.52. The van der Waals surface area contributed by atoms with Crippen molar-refractivity contribution in [2.75, 3.05) is 4.90 Å². The summed E-state index contributed by atoms with van der Waals surface area (Å²) in [6.45, 7) is 7.01. The lowest BCUT2D eigenvalue weighted by Crippen LogP contribution is -2.38. The van der Waals surface area contributed by atoms with E-state index in [1.165, 1.54) is 5.19 Å². The third kappa shape index (κ3) is 4.94. The zero-order chi connectivity index (χ0) is 29.6. The molecule has 43 heavy (non-hydrogen) atoms. The molecule has 0 fully saturated rings. The molecule has 7 aromatic rings. The summed E-state index contributed by atoms with van der Waals surface area (Å²) in [5, 5.41) is 13.0. The van der Waals surface area contributed by atoms with Gasteiger partial charge in [-0.1, -0.05) is 79.4 Å². The molecule has 0 amide bonds. The van der Waals surface area contributed by atoms with Crippen LogP contribution in [0.1, 0.15) is 0 Å². The van der Waals surface area contributed by atoms with Crippen molar-refractivity contribution in [1.82, 2.24) is 15.0 Å². The first-order valence-corrected chi connectivity index (χ1v) is 17.8. The minimum absolute atomic E-state index is 0.135. The summed E-state index contributed by atoms with van der Waals surface area (Å²) in [4.78, 5) is 17.1. The summed E-state index contributed by atoms with van der Waals surface area (Å²) in [5.74, 6) is 1.52. The lowest BCUT2D eigenvalue weighted by molar-refractivity contribution is 0.477. The van der Waals surface area contributed by atoms with Crippen LogP contribution in [0, 0.1) is 0 Å². The van der Waals surface area contributed by atoms with Gasteiger partial charge in [0, 0.05) is 34.1 Å². The third-order valence-corrected chi connectivity index (χ3v) is 9.59. The highest BCUT2D eigenvalue weighted by Gasteiger charge is 2.24. The van der Waals surface area contributed by atoms with Gasteiger partial charge in [-0.25, -0.2) is 15.0 Å². The summed E-state index contributed by atoms with van der Waals surface area (Å²) in [6, 6.07) is 37.9. The number of hydrogen-bond donors (Lipinski definition) is 1. The molecule has 6 nitrogen and oxygen atoms in total. The molecule has 3 aromatic heterocycles. The molecule has 0 radical (unpaired) electrons. The summed E-state index contributed by atoms with van der Waals surface area (Å²) in [7, 11) is -1.81. The smallest absolute Gasteiger partial charge is 0.180 e. The van der Waals surface area contributed by atoms with Crippen LogP contribution in [-0.4, -0.2) is 28.1 Å². The Morgan fingerprint density at radius 1 is 0.721 bits per heavy atom. The zero-order valence-electron chi connectivity index (χ0n) is 24.2. The number of nitrogens with zero attached hydrogens (tertiary/aromatic N) is 4. The predicted octanol–water partition coefficient (Wildman–Crippen LogP) is 8.83. The van der Waals surface area contributed by atoms with Gasteiger partial charge in [0.05, 0.1) is 8.07 Å². The van der Waals surface area contributed by atoms with Gasteiger partial charge < -0.3 is 9.52 Å². The second-order valence-electron chi connectivity index (χ2n) is 11.6. The van der Waals surface area contributed by atoms with Crippen LogP contribution in [0.5, 0.6) is 5.75 Å². The Labute approximate surface area is 251 Å². The Balaban J connectivity index is 1.52. The van der Waals surface area contributed by atoms with E-state index in [0.717, 1.165) is 33.7 Å². The van der Waals surface area contributed by atoms with Crippen molar-refractivity contribution in [2.45, 2.75) is 19.6 Å². The molecule has 0 spiro atoms. The SMILES string of the molecule is C[Si](C)(C)c1cc(-c2nc(-c3ccccc3O)c3oc4ccccc4c3n2)cc(N(c2ccccc2)c2ccccn2)c1. The summed E-state index contributed by atoms with van der Waals surface area (Å²) in [5.41, 5.74) is 6.00. The number of benzene rings is 4. The molecule has 0 atom stereocenters. The summed E-state index contributed by atoms with van der Waals surface area (Å²) in [6.07, 6.45) is 1.81. The minimum Gasteiger partial charge on any atom is -0.507 e. The number of phenolic OH excluding ortho intramolecular Hbond substituents is 1. The first-order chi connectivity index (χ1) is 20.9. The number of phenols is 1. The van der Waals surface area contributed by atoms with Gasteiger partial charge in [0.25, 0.3) is 0 Å². The second-order valence-corrected chi connectivity index (χ2v) is 16.6. The van der Waals surface area contributed by atoms with E-state index >= 15 is 0 Å². The van der Waals surface area contributed by atoms with Gasteiger partial charge >= 0.3 is 0 Å². The van der Waals surface area contributed by atoms with E-state index in [1.807, 2.05) is 79.0 Å². The molecule has 0 bridgehead atoms. The van der Waals surface area contributed by atoms with Crippen LogP contribution in [-0.2, 0) is 0 Å². The fourth-order valence-corrected chi connectivity index (χ4v) is 6.52. The highest BCUT2D eigenvalue weighted by molar-refractivity contribution is 6.88. The zero-order valence-corrected chi connectivity index (χ0v) is 25.2. The van der Waals surface area contributed by atoms with Gasteiger partial charge in [-0.15, -0.1) is 0 Å². The van der Waals surface area contributed by atoms with Crippen LogP contribution in [0.2, 0.25) is 19.6 Å². The van der Waals surface area contributed by atoms with E-state index in [1.54, 1.807) is 12.1 Å². The summed E-state index contributed by atoms with van der Waals surface area (Å²) < 4.78 is 6.29. The highest BCUT2D eigenvalue weighted by atomic mass is 28.3. The number of anilines is 3. The van der Waals surface area contributed by atoms with Gasteiger partial charge in [0.2, 0.25) is 0 Å². The van der Waals surface area contributed by atoms with E-state index in [-0.39, 0.29) is 5.75 Å². The molecule has 0 aliphatic carbocycles. The van der Waals surface area contributed by atoms with Crippen molar-refractivity contribution < 1.29 is 9.52 Å². The van der Waals surface area contributed by atoms with Gasteiger partial charge in [-0.2, -0.15) is 0 Å². The molecule has 3 heterocycles. The predicted molar refractivity (Wildman–Crippen MR) is 177 cm³/mol. The van der Waals surface area contributed by atoms with Crippen molar-refractivity contribution in [2.24, 2.45) is 0 Å². The molecule has 4 aromatic carbocycles. The quantitative estimate of drug-likeness (QED) is 0.199. The number of aromatic nitrogens is 3. The van der Waals surface area contributed by atoms with E-state index < -0.39 is 8.07 Å². The van der Waals surface area contributed by atoms with Crippen LogP contribution < -0.4 is 10.1 Å². The number of rotatable bonds is 6. The van der Waals surface area contributed by atoms with Crippen molar-refractivity contribution in [3.05, 3.63) is 121 Å². The number of pyridine rings is 1. The molecule has 0 unspecified atom stereocenters. The third-order valence-electron chi connectivity index (χ3n) is 7.57. The second kappa shape index (κ2) is 10.5. The van der Waals surface area contributed by atoms with Crippen molar-refractivity contribution in [1.29, 1.82) is 0 Å². The number of fused-ring (bicyclic) bond motifs is 3. The molecule has 1 N–H and O–H groups in total. The maximum Gasteiger partial charge on any atom is 0.180 e. The Hall–Kier alpha value is -5.27. The molecule has 210 valence electrons. The van der Waals surface area contributed by atoms with E-state index in [9.17, 15) is 5.11 Å². The molecular weight excluding hydrogens is 549 g/mol. The normalized spacial score (nSPS) is 11.7. The molecule has 0 saturated heterocycles. The minimum atomic E-state index is -1.81. The first-order valence-electron chi connectivity index (χ1n) is 14.3. The van der Waals surface area contributed by atoms with E-state index in [0.29, 0.717) is 28.2 Å². The lowest BCUT2D eigenvalue weighted by atomic mass is 10.1. The topological polar surface area (TPSA) is 75.3 Å². The maximum absolute atomic E-state index is 10.9. The van der Waals surface area contributed by atoms with Crippen molar-refractivity contribution >= 4 is 52.5 Å². The van der Waals surface area contributed by atoms with Crippen LogP contribution in [0.15, 0.2) is 126 Å². The largest absolute Gasteiger partial charge is 0.507 e. The fourth-order valence-electron chi connectivity index (χ4n) is 5.36. The molecule has 0 aliphatic rings. The molecular formula is C36H30N4O2Si. The van der Waals surface area contributed by atoms with Gasteiger partial charge in [0.15, 0.2) is 11.4 Å². The Morgan fingerprint density at radius 3 is 2.23 bits per heavy atom. The number of hydrogen-bond acceptors (Lipinski definition) is 6. The number of para-hydroxylation sites is 3. The molecule has 0 saturated carbocycles. The summed E-state index contributed by atoms with van der Waals surface area (Å²) >= 11 is 0. The Bertz CT molecular complexity index is 2050. The average Bonchev–Trinajstić information content (AvgIpc) is 3.40. The van der Waals surface area contributed by atoms with Crippen LogP contribution in [0.25, 0.3) is 44.7 Å². The lowest BCUT2D eigenvalue weighted by Gasteiger charge is -2.27. The number of aromatic hydroxyl groups is 1. The monoisotopic (exact) mass is 578 g/mol. The molecule has 7 rings (SSSR count). The highest BCUT2D eigenvalue weighted by Crippen LogP contribution is 2.40. The average molecular weight is 579 g/mol. The Morgan fingerprint density at radius 2 is 1.47 bits per heavy atom. The molecule has 7 heteroatoms. The van der Waals surface area contributed by atoms with Gasteiger partial charge in [0.1, 0.15) is 28.4 Å². The van der Waals surface area contributed by atoms with Crippen LogP contribution in [0.3, 0.4) is 0 Å². The standard InChI is InChI=1S/C36H30N4O2Si/c1-43(2,3)27-22-24(21-26(23-27)40(25-13-5-4-6-14-25)32-19-11-12-20-37-32)36-38-33(28-15-7-9-17-30(28)41)35-34(39-36)29-16-8-10-18-31(29)42-35/h4-23,41H,1-3H3. The van der Waals surface area contributed by atoms with Crippen molar-refractivity contribution in [3.63, 3.8) is 0 Å². The maximum atomic E-state index is 10.9. The van der Waals surface area contributed by atoms with Crippen molar-refractivity contribution in [3.8, 4) is 28.4 Å². The van der Waals surface area contributed by atoms with Crippen LogP contribution >= 0.6 is 0 Å². The van der Waals surface area contributed by atoms with Gasteiger partial charge in [-0.05, 0) is 60.7 Å². The fraction of sp³-hybridized carbons (Fsp3) is 0.0833. The van der Waals surface area contributed by atoms with Gasteiger partial charge in [-0.3, -0.25) is 4.90 Å². The van der Waals surface area contributed by atoms with Crippen LogP contribution in [0.4, 0.5) is 17.2 Å².